The average molecular weight is 427 g/mol. The quantitative estimate of drug-likeness (QED) is 0.586. The van der Waals surface area contributed by atoms with Gasteiger partial charge in [-0.3, -0.25) is 24.1 Å². The minimum Gasteiger partial charge on any atom is -0.326 e. The summed E-state index contributed by atoms with van der Waals surface area (Å²) in [5, 5.41) is 5.40. The van der Waals surface area contributed by atoms with Crippen LogP contribution in [0.3, 0.4) is 0 Å². The lowest BCUT2D eigenvalue weighted by atomic mass is 10.1. The van der Waals surface area contributed by atoms with Crippen LogP contribution in [0.25, 0.3) is 0 Å². The number of nitrogens with one attached hydrogen (secondary N) is 2. The summed E-state index contributed by atoms with van der Waals surface area (Å²) >= 11 is 0. The van der Waals surface area contributed by atoms with Crippen LogP contribution < -0.4 is 10.6 Å². The van der Waals surface area contributed by atoms with E-state index in [9.17, 15) is 19.2 Å². The monoisotopic (exact) mass is 427 g/mol. The number of amides is 4. The second-order valence-electron chi connectivity index (χ2n) is 7.47. The summed E-state index contributed by atoms with van der Waals surface area (Å²) in [5.41, 5.74) is 2.87. The molecule has 0 fully saturated rings. The fourth-order valence-electron chi connectivity index (χ4n) is 3.60. The molecule has 7 heteroatoms. The predicted molar refractivity (Wildman–Crippen MR) is 121 cm³/mol. The number of carbonyl (C=O) groups is 4. The molecular weight excluding hydrogens is 406 g/mol. The molecule has 0 unspecified atom stereocenters. The second-order valence-corrected chi connectivity index (χ2v) is 7.47. The minimum atomic E-state index is -0.421. The van der Waals surface area contributed by atoms with E-state index in [2.05, 4.69) is 10.6 Å². The summed E-state index contributed by atoms with van der Waals surface area (Å²) in [7, 11) is 0. The van der Waals surface area contributed by atoms with Crippen LogP contribution in [0.5, 0.6) is 0 Å². The third-order valence-electron chi connectivity index (χ3n) is 5.14. The molecule has 0 atom stereocenters. The molecule has 4 rings (SSSR count). The third kappa shape index (κ3) is 4.41. The number of rotatable bonds is 6. The Balaban J connectivity index is 1.48. The van der Waals surface area contributed by atoms with Crippen LogP contribution in [-0.2, 0) is 11.2 Å². The van der Waals surface area contributed by atoms with Gasteiger partial charge in [0.05, 0.1) is 11.1 Å². The summed E-state index contributed by atoms with van der Waals surface area (Å²) in [6, 6.07) is 20.9. The van der Waals surface area contributed by atoms with E-state index in [-0.39, 0.29) is 29.5 Å². The number of hydrogen-bond donors (Lipinski definition) is 2. The van der Waals surface area contributed by atoms with Gasteiger partial charge in [0, 0.05) is 30.4 Å². The molecule has 0 aliphatic carbocycles. The number of fused-ring (bicyclic) bond motifs is 1. The van der Waals surface area contributed by atoms with Crippen molar-refractivity contribution in [2.24, 2.45) is 0 Å². The van der Waals surface area contributed by atoms with Gasteiger partial charge in [0.1, 0.15) is 0 Å². The fourth-order valence-corrected chi connectivity index (χ4v) is 3.60. The van der Waals surface area contributed by atoms with Gasteiger partial charge in [0.25, 0.3) is 17.7 Å². The van der Waals surface area contributed by atoms with Crippen molar-refractivity contribution in [2.75, 3.05) is 17.2 Å². The van der Waals surface area contributed by atoms with Crippen LogP contribution >= 0.6 is 0 Å². The molecule has 0 saturated heterocycles. The summed E-state index contributed by atoms with van der Waals surface area (Å²) in [6.07, 6.45) is 0.560. The number of benzene rings is 3. The molecule has 3 aromatic rings. The van der Waals surface area contributed by atoms with Gasteiger partial charge in [-0.25, -0.2) is 0 Å². The van der Waals surface area contributed by atoms with E-state index in [1.807, 2.05) is 30.3 Å². The lowest BCUT2D eigenvalue weighted by Crippen LogP contribution is -2.31. The second kappa shape index (κ2) is 8.85. The van der Waals surface area contributed by atoms with Crippen molar-refractivity contribution >= 4 is 35.0 Å². The minimum absolute atomic E-state index is 0.216. The van der Waals surface area contributed by atoms with Crippen molar-refractivity contribution in [3.05, 3.63) is 95.1 Å². The number of anilines is 2. The third-order valence-corrected chi connectivity index (χ3v) is 5.14. The first-order valence-electron chi connectivity index (χ1n) is 10.2. The molecule has 32 heavy (non-hydrogen) atoms. The summed E-state index contributed by atoms with van der Waals surface area (Å²) in [5.74, 6) is -1.39. The smallest absolute Gasteiger partial charge is 0.261 e. The van der Waals surface area contributed by atoms with Crippen molar-refractivity contribution < 1.29 is 19.2 Å². The van der Waals surface area contributed by atoms with Gasteiger partial charge < -0.3 is 10.6 Å². The fraction of sp³-hybridized carbons (Fsp3) is 0.120. The Morgan fingerprint density at radius 1 is 0.781 bits per heavy atom. The van der Waals surface area contributed by atoms with Crippen molar-refractivity contribution in [2.45, 2.75) is 13.3 Å². The zero-order valence-electron chi connectivity index (χ0n) is 17.4. The first kappa shape index (κ1) is 21.0. The lowest BCUT2D eigenvalue weighted by molar-refractivity contribution is -0.114. The molecule has 0 aromatic heterocycles. The van der Waals surface area contributed by atoms with E-state index >= 15 is 0 Å². The van der Waals surface area contributed by atoms with E-state index in [1.165, 1.54) is 30.0 Å². The largest absolute Gasteiger partial charge is 0.326 e. The predicted octanol–water partition coefficient (Wildman–Crippen LogP) is 3.74. The maximum absolute atomic E-state index is 12.8. The molecule has 3 aromatic carbocycles. The van der Waals surface area contributed by atoms with Crippen molar-refractivity contribution in [1.29, 1.82) is 0 Å². The lowest BCUT2D eigenvalue weighted by Gasteiger charge is -2.13. The molecule has 160 valence electrons. The Morgan fingerprint density at radius 2 is 1.47 bits per heavy atom. The Labute approximate surface area is 185 Å². The van der Waals surface area contributed by atoms with Crippen LogP contribution in [-0.4, -0.2) is 35.1 Å². The highest BCUT2D eigenvalue weighted by Crippen LogP contribution is 2.25. The standard InChI is InChI=1S/C25H21N3O4/c1-16(29)26-19-8-5-9-20(15-19)27-23(30)18-10-11-21-22(14-18)25(32)28(24(21)31)13-12-17-6-3-2-4-7-17/h2-11,14-15H,12-13H2,1H3,(H,26,29)(H,27,30). The molecule has 4 amide bonds. The molecule has 0 saturated carbocycles. The zero-order valence-corrected chi connectivity index (χ0v) is 17.4. The molecular formula is C25H21N3O4. The molecule has 1 aliphatic heterocycles. The van der Waals surface area contributed by atoms with Gasteiger partial charge in [0.15, 0.2) is 0 Å². The Bertz CT molecular complexity index is 1220. The van der Waals surface area contributed by atoms with Gasteiger partial charge in [0.2, 0.25) is 5.91 Å². The van der Waals surface area contributed by atoms with Gasteiger partial charge in [-0.05, 0) is 48.4 Å². The number of imide groups is 1. The van der Waals surface area contributed by atoms with E-state index in [0.717, 1.165) is 5.56 Å². The van der Waals surface area contributed by atoms with Gasteiger partial charge in [-0.15, -0.1) is 0 Å². The Morgan fingerprint density at radius 3 is 2.19 bits per heavy atom. The maximum Gasteiger partial charge on any atom is 0.261 e. The molecule has 0 spiro atoms. The average Bonchev–Trinajstić information content (AvgIpc) is 3.02. The highest BCUT2D eigenvalue weighted by Gasteiger charge is 2.35. The van der Waals surface area contributed by atoms with E-state index in [4.69, 9.17) is 0 Å². The Hall–Kier alpha value is -4.26. The van der Waals surface area contributed by atoms with Gasteiger partial charge in [-0.1, -0.05) is 36.4 Å². The molecule has 1 heterocycles. The van der Waals surface area contributed by atoms with E-state index in [1.54, 1.807) is 24.3 Å². The van der Waals surface area contributed by atoms with Crippen molar-refractivity contribution in [1.82, 2.24) is 4.90 Å². The summed E-state index contributed by atoms with van der Waals surface area (Å²) < 4.78 is 0. The number of carbonyl (C=O) groups excluding carboxylic acids is 4. The van der Waals surface area contributed by atoms with E-state index < -0.39 is 11.8 Å². The van der Waals surface area contributed by atoms with Crippen LogP contribution in [0.2, 0.25) is 0 Å². The molecule has 1 aliphatic rings. The first-order valence-corrected chi connectivity index (χ1v) is 10.2. The first-order chi connectivity index (χ1) is 15.4. The van der Waals surface area contributed by atoms with Gasteiger partial charge >= 0.3 is 0 Å². The number of hydrogen-bond acceptors (Lipinski definition) is 4. The van der Waals surface area contributed by atoms with E-state index in [0.29, 0.717) is 23.4 Å². The zero-order chi connectivity index (χ0) is 22.7. The van der Waals surface area contributed by atoms with Crippen molar-refractivity contribution in [3.8, 4) is 0 Å². The summed E-state index contributed by atoms with van der Waals surface area (Å²) in [6.45, 7) is 1.67. The summed E-state index contributed by atoms with van der Waals surface area (Å²) in [4.78, 5) is 50.7. The highest BCUT2D eigenvalue weighted by atomic mass is 16.2. The SMILES string of the molecule is CC(=O)Nc1cccc(NC(=O)c2ccc3c(c2)C(=O)N(CCc2ccccc2)C3=O)c1. The topological polar surface area (TPSA) is 95.6 Å². The van der Waals surface area contributed by atoms with Crippen molar-refractivity contribution in [3.63, 3.8) is 0 Å². The van der Waals surface area contributed by atoms with Gasteiger partial charge in [-0.2, -0.15) is 0 Å². The Kier molecular flexibility index (Phi) is 5.81. The normalized spacial score (nSPS) is 12.5. The molecule has 7 nitrogen and oxygen atoms in total. The molecule has 2 N–H and O–H groups in total. The molecule has 0 radical (unpaired) electrons. The van der Waals surface area contributed by atoms with Crippen LogP contribution in [0.4, 0.5) is 11.4 Å². The van der Waals surface area contributed by atoms with Crippen LogP contribution in [0.1, 0.15) is 43.6 Å². The maximum atomic E-state index is 12.8. The molecule has 0 bridgehead atoms. The van der Waals surface area contributed by atoms with Crippen LogP contribution in [0, 0.1) is 0 Å². The number of nitrogens with zero attached hydrogens (tertiary/aromatic N) is 1. The highest BCUT2D eigenvalue weighted by molar-refractivity contribution is 6.22. The van der Waals surface area contributed by atoms with Crippen LogP contribution in [0.15, 0.2) is 72.8 Å².